The summed E-state index contributed by atoms with van der Waals surface area (Å²) >= 11 is 0. The number of aryl methyl sites for hydroxylation is 1. The number of piperidine rings is 1. The Morgan fingerprint density at radius 2 is 2.08 bits per heavy atom. The number of amides is 1. The van der Waals surface area contributed by atoms with E-state index >= 15 is 0 Å². The molecule has 1 aliphatic carbocycles. The molecule has 140 valence electrons. The number of imidazole rings is 1. The fourth-order valence-electron chi connectivity index (χ4n) is 4.36. The van der Waals surface area contributed by atoms with Gasteiger partial charge in [0, 0.05) is 32.4 Å². The molecule has 1 saturated heterocycles. The predicted octanol–water partition coefficient (Wildman–Crippen LogP) is 1.79. The number of rotatable bonds is 6. The second-order valence-electron chi connectivity index (χ2n) is 7.61. The van der Waals surface area contributed by atoms with E-state index in [0.717, 1.165) is 31.6 Å². The lowest BCUT2D eigenvalue weighted by atomic mass is 9.89. The maximum absolute atomic E-state index is 13.1. The molecule has 1 saturated carbocycles. The van der Waals surface area contributed by atoms with E-state index in [-0.39, 0.29) is 18.4 Å². The Bertz CT molecular complexity index is 553. The highest BCUT2D eigenvalue weighted by Crippen LogP contribution is 2.28. The highest BCUT2D eigenvalue weighted by Gasteiger charge is 2.32. The van der Waals surface area contributed by atoms with Gasteiger partial charge in [0.2, 0.25) is 5.91 Å². The van der Waals surface area contributed by atoms with Crippen LogP contribution in [0, 0.1) is 5.92 Å². The summed E-state index contributed by atoms with van der Waals surface area (Å²) < 4.78 is 1.94. The molecule has 1 unspecified atom stereocenters. The second-order valence-corrected chi connectivity index (χ2v) is 7.61. The topological polar surface area (TPSA) is 61.6 Å². The molecule has 6 heteroatoms. The molecule has 0 bridgehead atoms. The van der Waals surface area contributed by atoms with Gasteiger partial charge in [-0.2, -0.15) is 0 Å². The quantitative estimate of drug-likeness (QED) is 0.851. The molecule has 2 heterocycles. The lowest BCUT2D eigenvalue weighted by Gasteiger charge is -2.40. The zero-order valence-corrected chi connectivity index (χ0v) is 15.4. The summed E-state index contributed by atoms with van der Waals surface area (Å²) in [4.78, 5) is 21.6. The molecular formula is C19H32N4O2. The molecule has 0 aromatic carbocycles. The van der Waals surface area contributed by atoms with Gasteiger partial charge in [0.15, 0.2) is 0 Å². The van der Waals surface area contributed by atoms with Gasteiger partial charge in [-0.05, 0) is 32.2 Å². The lowest BCUT2D eigenvalue weighted by Crippen LogP contribution is -2.49. The first-order chi connectivity index (χ1) is 12.2. The van der Waals surface area contributed by atoms with Gasteiger partial charge < -0.3 is 14.6 Å². The van der Waals surface area contributed by atoms with Crippen LogP contribution < -0.4 is 0 Å². The van der Waals surface area contributed by atoms with Crippen molar-refractivity contribution in [3.05, 3.63) is 18.2 Å². The second kappa shape index (κ2) is 8.81. The van der Waals surface area contributed by atoms with Gasteiger partial charge in [-0.15, -0.1) is 0 Å². The highest BCUT2D eigenvalue weighted by molar-refractivity contribution is 5.79. The van der Waals surface area contributed by atoms with E-state index in [1.807, 2.05) is 16.5 Å². The van der Waals surface area contributed by atoms with Crippen LogP contribution in [0.15, 0.2) is 12.5 Å². The number of likely N-dealkylation sites (tertiary alicyclic amines) is 1. The van der Waals surface area contributed by atoms with Crippen LogP contribution in [-0.2, 0) is 18.4 Å². The summed E-state index contributed by atoms with van der Waals surface area (Å²) in [6.07, 6.45) is 12.2. The van der Waals surface area contributed by atoms with Crippen molar-refractivity contribution in [2.24, 2.45) is 13.0 Å². The smallest absolute Gasteiger partial charge is 0.227 e. The summed E-state index contributed by atoms with van der Waals surface area (Å²) in [5.74, 6) is 0.256. The van der Waals surface area contributed by atoms with Crippen LogP contribution in [0.4, 0.5) is 0 Å². The van der Waals surface area contributed by atoms with Gasteiger partial charge in [-0.3, -0.25) is 9.69 Å². The van der Waals surface area contributed by atoms with Crippen LogP contribution in [0.25, 0.3) is 0 Å². The number of aromatic nitrogens is 2. The number of carbonyl (C=O) groups excluding carboxylic acids is 1. The van der Waals surface area contributed by atoms with Crippen LogP contribution in [0.1, 0.15) is 50.6 Å². The molecule has 2 aliphatic rings. The predicted molar refractivity (Wildman–Crippen MR) is 96.9 cm³/mol. The van der Waals surface area contributed by atoms with Crippen LogP contribution in [0.5, 0.6) is 0 Å². The van der Waals surface area contributed by atoms with Crippen LogP contribution in [-0.4, -0.2) is 62.6 Å². The zero-order valence-electron chi connectivity index (χ0n) is 15.4. The van der Waals surface area contributed by atoms with Gasteiger partial charge in [-0.1, -0.05) is 19.3 Å². The maximum Gasteiger partial charge on any atom is 0.227 e. The molecule has 6 nitrogen and oxygen atoms in total. The first kappa shape index (κ1) is 18.4. The van der Waals surface area contributed by atoms with Gasteiger partial charge in [0.25, 0.3) is 0 Å². The zero-order chi connectivity index (χ0) is 17.6. The fourth-order valence-corrected chi connectivity index (χ4v) is 4.36. The van der Waals surface area contributed by atoms with Crippen LogP contribution in [0.3, 0.4) is 0 Å². The van der Waals surface area contributed by atoms with Crippen LogP contribution >= 0.6 is 0 Å². The Morgan fingerprint density at radius 1 is 1.28 bits per heavy atom. The SMILES string of the molecule is Cn1cncc1CN(CCO)C(=O)C1CCCN(C2CCCCC2)C1. The largest absolute Gasteiger partial charge is 0.395 e. The molecular weight excluding hydrogens is 316 g/mol. The Labute approximate surface area is 150 Å². The van der Waals surface area contributed by atoms with Crippen molar-refractivity contribution in [3.8, 4) is 0 Å². The monoisotopic (exact) mass is 348 g/mol. The van der Waals surface area contributed by atoms with Gasteiger partial charge in [0.05, 0.1) is 31.1 Å². The summed E-state index contributed by atoms with van der Waals surface area (Å²) in [5, 5.41) is 9.41. The van der Waals surface area contributed by atoms with E-state index in [2.05, 4.69) is 9.88 Å². The minimum absolute atomic E-state index is 0.00263. The molecule has 0 radical (unpaired) electrons. The van der Waals surface area contributed by atoms with Crippen molar-refractivity contribution in [2.45, 2.75) is 57.5 Å². The molecule has 1 N–H and O–H groups in total. The number of carbonyl (C=O) groups is 1. The number of aliphatic hydroxyl groups is 1. The molecule has 2 fully saturated rings. The molecule has 1 atom stereocenters. The third-order valence-corrected chi connectivity index (χ3v) is 5.84. The van der Waals surface area contributed by atoms with Crippen molar-refractivity contribution < 1.29 is 9.90 Å². The van der Waals surface area contributed by atoms with Crippen molar-refractivity contribution >= 4 is 5.91 Å². The molecule has 1 aromatic heterocycles. The first-order valence-corrected chi connectivity index (χ1v) is 9.78. The van der Waals surface area contributed by atoms with E-state index in [1.54, 1.807) is 12.5 Å². The van der Waals surface area contributed by atoms with Crippen molar-refractivity contribution in [1.82, 2.24) is 19.4 Å². The summed E-state index contributed by atoms with van der Waals surface area (Å²) in [6.45, 7) is 2.94. The Morgan fingerprint density at radius 3 is 2.76 bits per heavy atom. The van der Waals surface area contributed by atoms with Gasteiger partial charge >= 0.3 is 0 Å². The maximum atomic E-state index is 13.1. The fraction of sp³-hybridized carbons (Fsp3) is 0.789. The Kier molecular flexibility index (Phi) is 6.48. The third kappa shape index (κ3) is 4.61. The number of hydrogen-bond acceptors (Lipinski definition) is 4. The number of nitrogens with zero attached hydrogens (tertiary/aromatic N) is 4. The van der Waals surface area contributed by atoms with Crippen LogP contribution in [0.2, 0.25) is 0 Å². The highest BCUT2D eigenvalue weighted by atomic mass is 16.3. The van der Waals surface area contributed by atoms with E-state index in [9.17, 15) is 9.90 Å². The van der Waals surface area contributed by atoms with Crippen molar-refractivity contribution in [3.63, 3.8) is 0 Å². The minimum atomic E-state index is 0.00263. The van der Waals surface area contributed by atoms with E-state index in [1.165, 1.54) is 32.1 Å². The Hall–Kier alpha value is -1.40. The summed E-state index contributed by atoms with van der Waals surface area (Å²) in [5.41, 5.74) is 1.00. The molecule has 3 rings (SSSR count). The Balaban J connectivity index is 1.63. The molecule has 1 amide bonds. The molecule has 0 spiro atoms. The van der Waals surface area contributed by atoms with Crippen molar-refractivity contribution in [2.75, 3.05) is 26.2 Å². The first-order valence-electron chi connectivity index (χ1n) is 9.78. The minimum Gasteiger partial charge on any atom is -0.395 e. The average molecular weight is 348 g/mol. The van der Waals surface area contributed by atoms with E-state index < -0.39 is 0 Å². The van der Waals surface area contributed by atoms with Crippen molar-refractivity contribution in [1.29, 1.82) is 0 Å². The van der Waals surface area contributed by atoms with Gasteiger partial charge in [0.1, 0.15) is 0 Å². The van der Waals surface area contributed by atoms with E-state index in [0.29, 0.717) is 19.1 Å². The molecule has 25 heavy (non-hydrogen) atoms. The average Bonchev–Trinajstić information content (AvgIpc) is 3.06. The third-order valence-electron chi connectivity index (χ3n) is 5.84. The molecule has 1 aromatic rings. The lowest BCUT2D eigenvalue weighted by molar-refractivity contribution is -0.139. The van der Waals surface area contributed by atoms with E-state index in [4.69, 9.17) is 0 Å². The standard InChI is InChI=1S/C19H32N4O2/c1-21-15-20-12-18(21)14-23(10-11-24)19(25)16-6-5-9-22(13-16)17-7-3-2-4-8-17/h12,15-17,24H,2-11,13-14H2,1H3. The molecule has 1 aliphatic heterocycles. The summed E-state index contributed by atoms with van der Waals surface area (Å²) in [6, 6.07) is 0.674. The number of hydrogen-bond donors (Lipinski definition) is 1. The normalized spacial score (nSPS) is 22.9. The van der Waals surface area contributed by atoms with Gasteiger partial charge in [-0.25, -0.2) is 4.98 Å². The summed E-state index contributed by atoms with van der Waals surface area (Å²) in [7, 11) is 1.94. The number of aliphatic hydroxyl groups excluding tert-OH is 1.